The van der Waals surface area contributed by atoms with Crippen molar-refractivity contribution in [2.75, 3.05) is 13.1 Å². The lowest BCUT2D eigenvalue weighted by atomic mass is 10.3. The summed E-state index contributed by atoms with van der Waals surface area (Å²) in [6.07, 6.45) is 1.77. The lowest BCUT2D eigenvalue weighted by Gasteiger charge is -2.10. The number of pyridine rings is 1. The Morgan fingerprint density at radius 1 is 1.56 bits per heavy atom. The maximum Gasteiger partial charge on any atom is 0.265 e. The number of halogens is 2. The summed E-state index contributed by atoms with van der Waals surface area (Å²) in [5, 5.41) is 3.18. The van der Waals surface area contributed by atoms with E-state index in [4.69, 9.17) is 0 Å². The van der Waals surface area contributed by atoms with E-state index in [2.05, 4.69) is 43.8 Å². The van der Waals surface area contributed by atoms with Crippen molar-refractivity contribution < 1.29 is 0 Å². The SMILES string of the molecule is C=C(CNCC)Cn1cc(Br)cc(Br)c1=O. The van der Waals surface area contributed by atoms with E-state index in [-0.39, 0.29) is 5.56 Å². The van der Waals surface area contributed by atoms with Crippen molar-refractivity contribution in [3.63, 3.8) is 0 Å². The molecular formula is C11H14Br2N2O. The molecule has 0 aromatic carbocycles. The van der Waals surface area contributed by atoms with E-state index in [0.29, 0.717) is 11.0 Å². The van der Waals surface area contributed by atoms with Crippen molar-refractivity contribution in [3.05, 3.63) is 43.7 Å². The third-order valence-corrected chi connectivity index (χ3v) is 3.03. The summed E-state index contributed by atoms with van der Waals surface area (Å²) in [6.45, 7) is 8.13. The first kappa shape index (κ1) is 13.7. The Morgan fingerprint density at radius 2 is 2.25 bits per heavy atom. The maximum atomic E-state index is 11.8. The van der Waals surface area contributed by atoms with E-state index in [1.807, 2.05) is 6.92 Å². The van der Waals surface area contributed by atoms with Crippen molar-refractivity contribution in [1.29, 1.82) is 0 Å². The van der Waals surface area contributed by atoms with Crippen LogP contribution in [0.25, 0.3) is 0 Å². The maximum absolute atomic E-state index is 11.8. The highest BCUT2D eigenvalue weighted by molar-refractivity contribution is 9.11. The number of nitrogens with zero attached hydrogens (tertiary/aromatic N) is 1. The third kappa shape index (κ3) is 3.88. The van der Waals surface area contributed by atoms with E-state index < -0.39 is 0 Å². The largest absolute Gasteiger partial charge is 0.313 e. The van der Waals surface area contributed by atoms with Gasteiger partial charge in [0.25, 0.3) is 5.56 Å². The average Bonchev–Trinajstić information content (AvgIpc) is 2.22. The second-order valence-electron chi connectivity index (χ2n) is 3.47. The third-order valence-electron chi connectivity index (χ3n) is 2.03. The molecule has 0 spiro atoms. The molecule has 1 N–H and O–H groups in total. The summed E-state index contributed by atoms with van der Waals surface area (Å²) in [4.78, 5) is 11.8. The van der Waals surface area contributed by atoms with Crippen molar-refractivity contribution in [2.45, 2.75) is 13.5 Å². The van der Waals surface area contributed by atoms with Gasteiger partial charge in [-0.15, -0.1) is 0 Å². The molecule has 0 saturated heterocycles. The van der Waals surface area contributed by atoms with Gasteiger partial charge in [-0.05, 0) is 50.0 Å². The van der Waals surface area contributed by atoms with Crippen LogP contribution < -0.4 is 10.9 Å². The van der Waals surface area contributed by atoms with Gasteiger partial charge in [-0.2, -0.15) is 0 Å². The molecule has 0 aliphatic rings. The van der Waals surface area contributed by atoms with Crippen molar-refractivity contribution in [3.8, 4) is 0 Å². The van der Waals surface area contributed by atoms with Gasteiger partial charge in [-0.1, -0.05) is 13.5 Å². The smallest absolute Gasteiger partial charge is 0.265 e. The Bertz CT molecular complexity index is 440. The van der Waals surface area contributed by atoms with Gasteiger partial charge in [0.15, 0.2) is 0 Å². The second kappa shape index (κ2) is 6.37. The molecule has 3 nitrogen and oxygen atoms in total. The summed E-state index contributed by atoms with van der Waals surface area (Å²) >= 11 is 6.59. The van der Waals surface area contributed by atoms with E-state index in [1.54, 1.807) is 16.8 Å². The molecule has 0 saturated carbocycles. The zero-order chi connectivity index (χ0) is 12.1. The number of hydrogen-bond acceptors (Lipinski definition) is 2. The van der Waals surface area contributed by atoms with Gasteiger partial charge in [0.05, 0.1) is 4.47 Å². The number of likely N-dealkylation sites (N-methyl/N-ethyl adjacent to an activating group) is 1. The van der Waals surface area contributed by atoms with Gasteiger partial charge < -0.3 is 9.88 Å². The first-order chi connectivity index (χ1) is 7.54. The fourth-order valence-electron chi connectivity index (χ4n) is 1.28. The molecule has 0 radical (unpaired) electrons. The molecule has 1 heterocycles. The molecule has 0 bridgehead atoms. The Hall–Kier alpha value is -0.390. The predicted molar refractivity (Wildman–Crippen MR) is 73.8 cm³/mol. The van der Waals surface area contributed by atoms with Crippen LogP contribution in [0.5, 0.6) is 0 Å². The minimum atomic E-state index is -0.0409. The standard InChI is InChI=1S/C11H14Br2N2O/c1-3-14-5-8(2)6-15-7-9(12)4-10(13)11(15)16/h4,7,14H,2-3,5-6H2,1H3. The van der Waals surface area contributed by atoms with Crippen LogP contribution in [0.3, 0.4) is 0 Å². The first-order valence-corrected chi connectivity index (χ1v) is 6.56. The van der Waals surface area contributed by atoms with Crippen LogP contribution in [-0.4, -0.2) is 17.7 Å². The minimum absolute atomic E-state index is 0.0409. The average molecular weight is 350 g/mol. The molecule has 88 valence electrons. The number of aromatic nitrogens is 1. The van der Waals surface area contributed by atoms with Gasteiger partial charge in [0.2, 0.25) is 0 Å². The fourth-order valence-corrected chi connectivity index (χ4v) is 2.54. The lowest BCUT2D eigenvalue weighted by molar-refractivity contribution is 0.684. The fraction of sp³-hybridized carbons (Fsp3) is 0.364. The molecule has 0 fully saturated rings. The van der Waals surface area contributed by atoms with Crippen LogP contribution in [0.4, 0.5) is 0 Å². The molecule has 0 aliphatic heterocycles. The van der Waals surface area contributed by atoms with Crippen LogP contribution in [-0.2, 0) is 6.54 Å². The molecule has 1 rings (SSSR count). The first-order valence-electron chi connectivity index (χ1n) is 4.97. The van der Waals surface area contributed by atoms with Crippen molar-refractivity contribution >= 4 is 31.9 Å². The van der Waals surface area contributed by atoms with Crippen LogP contribution in [0.1, 0.15) is 6.92 Å². The zero-order valence-corrected chi connectivity index (χ0v) is 12.3. The molecule has 0 atom stereocenters. The normalized spacial score (nSPS) is 10.4. The van der Waals surface area contributed by atoms with Gasteiger partial charge in [0.1, 0.15) is 0 Å². The van der Waals surface area contributed by atoms with Crippen LogP contribution in [0, 0.1) is 0 Å². The van der Waals surface area contributed by atoms with Gasteiger partial charge in [0, 0.05) is 23.8 Å². The summed E-state index contributed by atoms with van der Waals surface area (Å²) < 4.78 is 3.06. The monoisotopic (exact) mass is 348 g/mol. The van der Waals surface area contributed by atoms with Gasteiger partial charge >= 0.3 is 0 Å². The minimum Gasteiger partial charge on any atom is -0.313 e. The molecular weight excluding hydrogens is 336 g/mol. The number of rotatable bonds is 5. The van der Waals surface area contributed by atoms with Crippen molar-refractivity contribution in [2.24, 2.45) is 0 Å². The van der Waals surface area contributed by atoms with Crippen molar-refractivity contribution in [1.82, 2.24) is 9.88 Å². The van der Waals surface area contributed by atoms with Gasteiger partial charge in [-0.3, -0.25) is 4.79 Å². The number of nitrogens with one attached hydrogen (secondary N) is 1. The number of hydrogen-bond donors (Lipinski definition) is 1. The van der Waals surface area contributed by atoms with Crippen LogP contribution in [0.2, 0.25) is 0 Å². The van der Waals surface area contributed by atoms with Crippen LogP contribution in [0.15, 0.2) is 38.2 Å². The molecule has 1 aromatic rings. The molecule has 0 amide bonds. The highest BCUT2D eigenvalue weighted by Crippen LogP contribution is 2.13. The topological polar surface area (TPSA) is 34.0 Å². The van der Waals surface area contributed by atoms with E-state index in [9.17, 15) is 4.79 Å². The Morgan fingerprint density at radius 3 is 2.88 bits per heavy atom. The Balaban J connectivity index is 2.81. The molecule has 16 heavy (non-hydrogen) atoms. The molecule has 0 aliphatic carbocycles. The van der Waals surface area contributed by atoms with Gasteiger partial charge in [-0.25, -0.2) is 0 Å². The van der Waals surface area contributed by atoms with E-state index >= 15 is 0 Å². The summed E-state index contributed by atoms with van der Waals surface area (Å²) in [7, 11) is 0. The van der Waals surface area contributed by atoms with Crippen LogP contribution >= 0.6 is 31.9 Å². The summed E-state index contributed by atoms with van der Waals surface area (Å²) in [6, 6.07) is 1.74. The summed E-state index contributed by atoms with van der Waals surface area (Å²) in [5.41, 5.74) is 0.940. The zero-order valence-electron chi connectivity index (χ0n) is 9.09. The van der Waals surface area contributed by atoms with E-state index in [1.165, 1.54) is 0 Å². The highest BCUT2D eigenvalue weighted by atomic mass is 79.9. The highest BCUT2D eigenvalue weighted by Gasteiger charge is 2.04. The Labute approximate surface area is 112 Å². The second-order valence-corrected chi connectivity index (χ2v) is 5.24. The summed E-state index contributed by atoms with van der Waals surface area (Å²) in [5.74, 6) is 0. The Kier molecular flexibility index (Phi) is 5.44. The molecule has 1 aromatic heterocycles. The predicted octanol–water partition coefficient (Wildman–Crippen LogP) is 2.54. The molecule has 5 heteroatoms. The molecule has 0 unspecified atom stereocenters. The quantitative estimate of drug-likeness (QED) is 0.829. The van der Waals surface area contributed by atoms with E-state index in [0.717, 1.165) is 23.1 Å². The lowest BCUT2D eigenvalue weighted by Crippen LogP contribution is -2.24.